The molecular weight excluding hydrogens is 186 g/mol. The van der Waals surface area contributed by atoms with E-state index in [1.54, 1.807) is 6.07 Å². The maximum absolute atomic E-state index is 11.0. The molecule has 1 rings (SSSR count). The fourth-order valence-electron chi connectivity index (χ4n) is 1.23. The first kappa shape index (κ1) is 10.1. The van der Waals surface area contributed by atoms with Crippen molar-refractivity contribution < 1.29 is 4.79 Å². The van der Waals surface area contributed by atoms with Crippen molar-refractivity contribution in [2.24, 2.45) is 5.73 Å². The summed E-state index contributed by atoms with van der Waals surface area (Å²) in [4.78, 5) is 11.0. The Morgan fingerprint density at radius 3 is 2.31 bits per heavy atom. The number of amides is 1. The fourth-order valence-corrected chi connectivity index (χ4v) is 1.52. The van der Waals surface area contributed by atoms with Gasteiger partial charge >= 0.3 is 0 Å². The number of aryl methyl sites for hydroxylation is 1. The first-order valence-corrected chi connectivity index (χ1v) is 4.39. The molecule has 2 N–H and O–H groups in total. The number of carbonyl (C=O) groups excluding carboxylic acids is 1. The van der Waals surface area contributed by atoms with Crippen molar-refractivity contribution in [2.45, 2.75) is 20.8 Å². The number of carbonyl (C=O) groups is 1. The minimum Gasteiger partial charge on any atom is -0.366 e. The lowest BCUT2D eigenvalue weighted by atomic mass is 10.0. The van der Waals surface area contributed by atoms with Crippen LogP contribution in [0.4, 0.5) is 0 Å². The molecule has 0 heterocycles. The highest BCUT2D eigenvalue weighted by molar-refractivity contribution is 6.34. The maximum Gasteiger partial charge on any atom is 0.250 e. The van der Waals surface area contributed by atoms with Gasteiger partial charge in [-0.2, -0.15) is 0 Å². The summed E-state index contributed by atoms with van der Waals surface area (Å²) < 4.78 is 0. The van der Waals surface area contributed by atoms with Gasteiger partial charge in [0.2, 0.25) is 5.91 Å². The van der Waals surface area contributed by atoms with Crippen LogP contribution in [-0.2, 0) is 0 Å². The van der Waals surface area contributed by atoms with Gasteiger partial charge in [-0.25, -0.2) is 0 Å². The van der Waals surface area contributed by atoms with Crippen LogP contribution in [0.15, 0.2) is 6.07 Å². The van der Waals surface area contributed by atoms with Crippen LogP contribution in [0.1, 0.15) is 27.0 Å². The van der Waals surface area contributed by atoms with E-state index in [1.165, 1.54) is 0 Å². The molecule has 1 aromatic rings. The molecule has 0 atom stereocenters. The molecule has 0 aliphatic heterocycles. The van der Waals surface area contributed by atoms with Crippen molar-refractivity contribution in [1.29, 1.82) is 0 Å². The Morgan fingerprint density at radius 1 is 1.31 bits per heavy atom. The second kappa shape index (κ2) is 3.38. The fraction of sp³-hybridized carbons (Fsp3) is 0.300. The van der Waals surface area contributed by atoms with Crippen molar-refractivity contribution >= 4 is 17.5 Å². The summed E-state index contributed by atoms with van der Waals surface area (Å²) in [7, 11) is 0. The molecule has 3 heteroatoms. The van der Waals surface area contributed by atoms with Crippen molar-refractivity contribution in [3.05, 3.63) is 33.3 Å². The van der Waals surface area contributed by atoms with Crippen LogP contribution in [0.25, 0.3) is 0 Å². The highest BCUT2D eigenvalue weighted by Crippen LogP contribution is 2.25. The predicted molar refractivity (Wildman–Crippen MR) is 54.2 cm³/mol. The van der Waals surface area contributed by atoms with Gasteiger partial charge in [0.05, 0.1) is 10.6 Å². The average molecular weight is 198 g/mol. The van der Waals surface area contributed by atoms with E-state index in [-0.39, 0.29) is 0 Å². The zero-order chi connectivity index (χ0) is 10.2. The largest absolute Gasteiger partial charge is 0.366 e. The van der Waals surface area contributed by atoms with Crippen LogP contribution in [0.3, 0.4) is 0 Å². The number of primary amides is 1. The summed E-state index contributed by atoms with van der Waals surface area (Å²) in [5.41, 5.74) is 8.65. The minimum atomic E-state index is -0.476. The van der Waals surface area contributed by atoms with Gasteiger partial charge in [-0.1, -0.05) is 11.6 Å². The van der Waals surface area contributed by atoms with E-state index < -0.39 is 5.91 Å². The quantitative estimate of drug-likeness (QED) is 0.738. The number of benzene rings is 1. The van der Waals surface area contributed by atoms with Crippen molar-refractivity contribution in [2.75, 3.05) is 0 Å². The lowest BCUT2D eigenvalue weighted by Crippen LogP contribution is -2.13. The van der Waals surface area contributed by atoms with Crippen LogP contribution < -0.4 is 5.73 Å². The smallest absolute Gasteiger partial charge is 0.250 e. The summed E-state index contributed by atoms with van der Waals surface area (Å²) in [6, 6.07) is 1.73. The topological polar surface area (TPSA) is 43.1 Å². The molecule has 0 aliphatic rings. The Morgan fingerprint density at radius 2 is 1.85 bits per heavy atom. The number of hydrogen-bond donors (Lipinski definition) is 1. The van der Waals surface area contributed by atoms with Crippen LogP contribution in [0.5, 0.6) is 0 Å². The van der Waals surface area contributed by atoms with Gasteiger partial charge in [0.25, 0.3) is 0 Å². The lowest BCUT2D eigenvalue weighted by molar-refractivity contribution is 0.100. The standard InChI is InChI=1S/C10H12ClNO/c1-5-4-8(10(12)13)9(11)7(3)6(5)2/h4H,1-3H3,(H2,12,13). The zero-order valence-corrected chi connectivity index (χ0v) is 8.70. The molecule has 1 aromatic carbocycles. The molecule has 0 spiro atoms. The van der Waals surface area contributed by atoms with E-state index in [1.807, 2.05) is 20.8 Å². The minimum absolute atomic E-state index is 0.405. The van der Waals surface area contributed by atoms with E-state index in [4.69, 9.17) is 17.3 Å². The summed E-state index contributed by atoms with van der Waals surface area (Å²) in [6.45, 7) is 5.80. The van der Waals surface area contributed by atoms with Gasteiger partial charge in [0.15, 0.2) is 0 Å². The van der Waals surface area contributed by atoms with E-state index in [0.717, 1.165) is 16.7 Å². The lowest BCUT2D eigenvalue weighted by Gasteiger charge is -2.09. The zero-order valence-electron chi connectivity index (χ0n) is 7.94. The van der Waals surface area contributed by atoms with E-state index in [0.29, 0.717) is 10.6 Å². The third-order valence-electron chi connectivity index (χ3n) is 2.35. The first-order valence-electron chi connectivity index (χ1n) is 4.01. The average Bonchev–Trinajstić information content (AvgIpc) is 2.07. The molecule has 2 nitrogen and oxygen atoms in total. The molecule has 0 saturated heterocycles. The van der Waals surface area contributed by atoms with Gasteiger partial charge in [-0.3, -0.25) is 4.79 Å². The van der Waals surface area contributed by atoms with Crippen LogP contribution in [0, 0.1) is 20.8 Å². The van der Waals surface area contributed by atoms with Crippen molar-refractivity contribution in [3.63, 3.8) is 0 Å². The Balaban J connectivity index is 3.50. The first-order chi connectivity index (χ1) is 5.95. The third kappa shape index (κ3) is 1.68. The van der Waals surface area contributed by atoms with Gasteiger partial charge in [0, 0.05) is 0 Å². The number of hydrogen-bond acceptors (Lipinski definition) is 1. The Bertz CT molecular complexity index is 372. The molecule has 0 saturated carbocycles. The number of nitrogens with two attached hydrogens (primary N) is 1. The third-order valence-corrected chi connectivity index (χ3v) is 2.83. The molecule has 0 radical (unpaired) electrons. The Labute approximate surface area is 82.7 Å². The summed E-state index contributed by atoms with van der Waals surface area (Å²) in [6.07, 6.45) is 0. The van der Waals surface area contributed by atoms with Gasteiger partial charge in [-0.05, 0) is 43.5 Å². The van der Waals surface area contributed by atoms with Crippen LogP contribution >= 0.6 is 11.6 Å². The number of halogens is 1. The van der Waals surface area contributed by atoms with Crippen LogP contribution in [0.2, 0.25) is 5.02 Å². The summed E-state index contributed by atoms with van der Waals surface area (Å²) in [5, 5.41) is 0.468. The van der Waals surface area contributed by atoms with Gasteiger partial charge in [-0.15, -0.1) is 0 Å². The maximum atomic E-state index is 11.0. The van der Waals surface area contributed by atoms with E-state index in [2.05, 4.69) is 0 Å². The van der Waals surface area contributed by atoms with Crippen molar-refractivity contribution in [3.8, 4) is 0 Å². The highest BCUT2D eigenvalue weighted by Gasteiger charge is 2.12. The molecule has 0 aliphatic carbocycles. The summed E-state index contributed by atoms with van der Waals surface area (Å²) >= 11 is 5.96. The molecular formula is C10H12ClNO. The normalized spacial score (nSPS) is 10.2. The second-order valence-corrected chi connectivity index (χ2v) is 3.55. The van der Waals surface area contributed by atoms with E-state index >= 15 is 0 Å². The highest BCUT2D eigenvalue weighted by atomic mass is 35.5. The predicted octanol–water partition coefficient (Wildman–Crippen LogP) is 2.36. The monoisotopic (exact) mass is 197 g/mol. The molecule has 0 unspecified atom stereocenters. The molecule has 0 aromatic heterocycles. The summed E-state index contributed by atoms with van der Waals surface area (Å²) in [5.74, 6) is -0.476. The van der Waals surface area contributed by atoms with Crippen LogP contribution in [-0.4, -0.2) is 5.91 Å². The number of rotatable bonds is 1. The van der Waals surface area contributed by atoms with Gasteiger partial charge < -0.3 is 5.73 Å². The van der Waals surface area contributed by atoms with E-state index in [9.17, 15) is 4.79 Å². The molecule has 70 valence electrons. The molecule has 13 heavy (non-hydrogen) atoms. The SMILES string of the molecule is Cc1cc(C(N)=O)c(Cl)c(C)c1C. The Kier molecular flexibility index (Phi) is 2.62. The van der Waals surface area contributed by atoms with Crippen molar-refractivity contribution in [1.82, 2.24) is 0 Å². The second-order valence-electron chi connectivity index (χ2n) is 3.17. The molecule has 0 fully saturated rings. The molecule has 1 amide bonds. The van der Waals surface area contributed by atoms with Gasteiger partial charge in [0.1, 0.15) is 0 Å². The molecule has 0 bridgehead atoms. The Hall–Kier alpha value is -1.02.